The van der Waals surface area contributed by atoms with E-state index in [-0.39, 0.29) is 0 Å². The van der Waals surface area contributed by atoms with E-state index in [2.05, 4.69) is 0 Å². The third-order valence-corrected chi connectivity index (χ3v) is 3.35. The first kappa shape index (κ1) is 16.8. The molecule has 0 aliphatic rings. The van der Waals surface area contributed by atoms with Crippen molar-refractivity contribution < 1.29 is 19.1 Å². The fourth-order valence-corrected chi connectivity index (χ4v) is 1.85. The van der Waals surface area contributed by atoms with E-state index in [4.69, 9.17) is 26.8 Å². The van der Waals surface area contributed by atoms with Gasteiger partial charge in [-0.25, -0.2) is 4.79 Å². The third kappa shape index (κ3) is 5.00. The Bertz CT molecular complexity index is 683. The van der Waals surface area contributed by atoms with Crippen LogP contribution in [-0.4, -0.2) is 18.0 Å². The summed E-state index contributed by atoms with van der Waals surface area (Å²) >= 11 is 5.80. The Morgan fingerprint density at radius 2 is 1.70 bits per heavy atom. The number of primary amides is 1. The van der Waals surface area contributed by atoms with Crippen molar-refractivity contribution in [3.8, 4) is 5.75 Å². The lowest BCUT2D eigenvalue weighted by Crippen LogP contribution is -2.30. The van der Waals surface area contributed by atoms with Crippen molar-refractivity contribution in [2.45, 2.75) is 19.6 Å². The number of carbonyl (C=O) groups excluding carboxylic acids is 2. The van der Waals surface area contributed by atoms with Crippen LogP contribution in [0.4, 0.5) is 0 Å². The van der Waals surface area contributed by atoms with E-state index in [0.717, 1.165) is 5.56 Å². The molecule has 2 aromatic rings. The van der Waals surface area contributed by atoms with Crippen LogP contribution in [0.3, 0.4) is 0 Å². The summed E-state index contributed by atoms with van der Waals surface area (Å²) in [6, 6.07) is 13.8. The van der Waals surface area contributed by atoms with Crippen LogP contribution >= 0.6 is 11.6 Å². The SMILES string of the molecule is C[C@H](OC(=O)c1ccc(COc2ccc(Cl)cc2)cc1)C(N)=O. The van der Waals surface area contributed by atoms with Gasteiger partial charge in [-0.15, -0.1) is 0 Å². The molecule has 6 heteroatoms. The summed E-state index contributed by atoms with van der Waals surface area (Å²) in [6.45, 7) is 1.78. The molecule has 0 unspecified atom stereocenters. The van der Waals surface area contributed by atoms with Gasteiger partial charge in [0.2, 0.25) is 0 Å². The molecule has 0 aliphatic heterocycles. The Kier molecular flexibility index (Phi) is 5.60. The van der Waals surface area contributed by atoms with Gasteiger partial charge in [-0.2, -0.15) is 0 Å². The van der Waals surface area contributed by atoms with E-state index in [1.165, 1.54) is 6.92 Å². The lowest BCUT2D eigenvalue weighted by molar-refractivity contribution is -0.125. The number of ether oxygens (including phenoxy) is 2. The number of nitrogens with two attached hydrogens (primary N) is 1. The van der Waals surface area contributed by atoms with Crippen molar-refractivity contribution in [1.82, 2.24) is 0 Å². The van der Waals surface area contributed by atoms with Crippen molar-refractivity contribution in [3.05, 3.63) is 64.7 Å². The highest BCUT2D eigenvalue weighted by atomic mass is 35.5. The predicted molar refractivity (Wildman–Crippen MR) is 86.3 cm³/mol. The second-order valence-electron chi connectivity index (χ2n) is 4.89. The normalized spacial score (nSPS) is 11.6. The average Bonchev–Trinajstić information content (AvgIpc) is 2.54. The average molecular weight is 334 g/mol. The van der Waals surface area contributed by atoms with Gasteiger partial charge in [-0.05, 0) is 48.9 Å². The number of hydrogen-bond acceptors (Lipinski definition) is 4. The van der Waals surface area contributed by atoms with Gasteiger partial charge in [0.25, 0.3) is 5.91 Å². The molecule has 0 bridgehead atoms. The van der Waals surface area contributed by atoms with Crippen LogP contribution in [0, 0.1) is 0 Å². The maximum Gasteiger partial charge on any atom is 0.338 e. The zero-order valence-corrected chi connectivity index (χ0v) is 13.2. The van der Waals surface area contributed by atoms with Gasteiger partial charge in [0.1, 0.15) is 12.4 Å². The topological polar surface area (TPSA) is 78.6 Å². The summed E-state index contributed by atoms with van der Waals surface area (Å²) in [4.78, 5) is 22.7. The summed E-state index contributed by atoms with van der Waals surface area (Å²) in [7, 11) is 0. The lowest BCUT2D eigenvalue weighted by atomic mass is 10.1. The first-order valence-electron chi connectivity index (χ1n) is 6.93. The molecule has 0 heterocycles. The molecule has 0 spiro atoms. The second kappa shape index (κ2) is 7.65. The van der Waals surface area contributed by atoms with Gasteiger partial charge >= 0.3 is 5.97 Å². The highest BCUT2D eigenvalue weighted by Crippen LogP contribution is 2.17. The molecule has 0 radical (unpaired) electrons. The smallest absolute Gasteiger partial charge is 0.338 e. The molecule has 1 atom stereocenters. The number of halogens is 1. The summed E-state index contributed by atoms with van der Waals surface area (Å²) < 4.78 is 10.5. The molecule has 2 aromatic carbocycles. The maximum absolute atomic E-state index is 11.8. The summed E-state index contributed by atoms with van der Waals surface area (Å²) in [5, 5.41) is 0.644. The quantitative estimate of drug-likeness (QED) is 0.824. The maximum atomic E-state index is 11.8. The molecule has 0 aliphatic carbocycles. The molecule has 0 aromatic heterocycles. The van der Waals surface area contributed by atoms with Gasteiger partial charge in [-0.3, -0.25) is 4.79 Å². The van der Waals surface area contributed by atoms with Gasteiger partial charge in [0, 0.05) is 5.02 Å². The van der Waals surface area contributed by atoms with Crippen LogP contribution < -0.4 is 10.5 Å². The summed E-state index contributed by atoms with van der Waals surface area (Å²) in [5.74, 6) is -0.582. The summed E-state index contributed by atoms with van der Waals surface area (Å²) in [6.07, 6.45) is -0.963. The fraction of sp³-hybridized carbons (Fsp3) is 0.176. The van der Waals surface area contributed by atoms with Crippen molar-refractivity contribution >= 4 is 23.5 Å². The number of benzene rings is 2. The van der Waals surface area contributed by atoms with Gasteiger partial charge < -0.3 is 15.2 Å². The Morgan fingerprint density at radius 3 is 2.26 bits per heavy atom. The first-order chi connectivity index (χ1) is 11.0. The van der Waals surface area contributed by atoms with Crippen LogP contribution in [0.25, 0.3) is 0 Å². The van der Waals surface area contributed by atoms with Crippen LogP contribution in [0.5, 0.6) is 5.75 Å². The molecule has 0 saturated carbocycles. The van der Waals surface area contributed by atoms with Crippen LogP contribution in [0.15, 0.2) is 48.5 Å². The lowest BCUT2D eigenvalue weighted by Gasteiger charge is -2.10. The Morgan fingerprint density at radius 1 is 1.09 bits per heavy atom. The number of rotatable bonds is 6. The van der Waals surface area contributed by atoms with E-state index >= 15 is 0 Å². The number of amides is 1. The molecule has 1 amide bonds. The fourth-order valence-electron chi connectivity index (χ4n) is 1.72. The van der Waals surface area contributed by atoms with Crippen molar-refractivity contribution in [1.29, 1.82) is 0 Å². The van der Waals surface area contributed by atoms with Crippen LogP contribution in [-0.2, 0) is 16.1 Å². The minimum Gasteiger partial charge on any atom is -0.489 e. The molecule has 2 N–H and O–H groups in total. The zero-order chi connectivity index (χ0) is 16.8. The Balaban J connectivity index is 1.92. The first-order valence-corrected chi connectivity index (χ1v) is 7.31. The van der Waals surface area contributed by atoms with E-state index in [1.807, 2.05) is 0 Å². The largest absolute Gasteiger partial charge is 0.489 e. The zero-order valence-electron chi connectivity index (χ0n) is 12.5. The number of esters is 1. The standard InChI is InChI=1S/C17H16ClNO4/c1-11(16(19)20)23-17(21)13-4-2-12(3-5-13)10-22-15-8-6-14(18)7-9-15/h2-9,11H,10H2,1H3,(H2,19,20)/t11-/m0/s1. The molecule has 2 rings (SSSR count). The van der Waals surface area contributed by atoms with E-state index in [1.54, 1.807) is 48.5 Å². The van der Waals surface area contributed by atoms with Crippen molar-refractivity contribution in [2.24, 2.45) is 5.73 Å². The van der Waals surface area contributed by atoms with Gasteiger partial charge in [0.15, 0.2) is 6.10 Å². The molecule has 0 fully saturated rings. The van der Waals surface area contributed by atoms with E-state index in [9.17, 15) is 9.59 Å². The minimum atomic E-state index is -0.963. The molecule has 0 saturated heterocycles. The number of carbonyl (C=O) groups is 2. The van der Waals surface area contributed by atoms with Crippen molar-refractivity contribution in [3.63, 3.8) is 0 Å². The van der Waals surface area contributed by atoms with E-state index < -0.39 is 18.0 Å². The molecular formula is C17H16ClNO4. The predicted octanol–water partition coefficient (Wildman–Crippen LogP) is 2.95. The summed E-state index contributed by atoms with van der Waals surface area (Å²) in [5.41, 5.74) is 6.28. The van der Waals surface area contributed by atoms with Gasteiger partial charge in [0.05, 0.1) is 5.56 Å². The molecule has 120 valence electrons. The number of hydrogen-bond donors (Lipinski definition) is 1. The Hall–Kier alpha value is -2.53. The monoisotopic (exact) mass is 333 g/mol. The van der Waals surface area contributed by atoms with Crippen molar-refractivity contribution in [2.75, 3.05) is 0 Å². The van der Waals surface area contributed by atoms with Crippen LogP contribution in [0.1, 0.15) is 22.8 Å². The third-order valence-electron chi connectivity index (χ3n) is 3.09. The van der Waals surface area contributed by atoms with Crippen LogP contribution in [0.2, 0.25) is 5.02 Å². The molecular weight excluding hydrogens is 318 g/mol. The minimum absolute atomic E-state index is 0.341. The highest BCUT2D eigenvalue weighted by Gasteiger charge is 2.15. The van der Waals surface area contributed by atoms with Gasteiger partial charge in [-0.1, -0.05) is 23.7 Å². The van der Waals surface area contributed by atoms with E-state index in [0.29, 0.717) is 22.9 Å². The molecule has 5 nitrogen and oxygen atoms in total. The highest BCUT2D eigenvalue weighted by molar-refractivity contribution is 6.30. The Labute approximate surface area is 139 Å². The molecule has 23 heavy (non-hydrogen) atoms. The second-order valence-corrected chi connectivity index (χ2v) is 5.33.